The number of rotatable bonds is 2. The Hall–Kier alpha value is -11.4. The summed E-state index contributed by atoms with van der Waals surface area (Å²) >= 11 is 0. The van der Waals surface area contributed by atoms with E-state index in [9.17, 15) is 120 Å². The molecule has 2 aliphatic rings. The van der Waals surface area contributed by atoms with Crippen molar-refractivity contribution in [3.63, 3.8) is 0 Å². The molecule has 0 aliphatic carbocycles. The number of aromatic hydroxyl groups is 16. The second kappa shape index (κ2) is 17.1. The second-order valence-corrected chi connectivity index (χ2v) is 17.1. The van der Waals surface area contributed by atoms with Gasteiger partial charge in [-0.25, -0.2) is 28.8 Å². The normalized spacial score (nSPS) is 17.7. The van der Waals surface area contributed by atoms with E-state index in [0.717, 1.165) is 0 Å². The molecule has 0 saturated carbocycles. The number of phenols is 16. The first kappa shape index (κ1) is 50.1. The van der Waals surface area contributed by atoms with Gasteiger partial charge in [-0.15, -0.1) is 0 Å². The van der Waals surface area contributed by atoms with Gasteiger partial charge in [-0.3, -0.25) is 4.79 Å². The number of hydrogen-bond acceptors (Lipinski definition) is 30. The molecule has 17 N–H and O–H groups in total. The number of aliphatic hydroxyl groups excluding tert-OH is 1. The van der Waals surface area contributed by atoms with Gasteiger partial charge in [0.2, 0.25) is 34.5 Å². The number of ether oxygens (including phenoxy) is 4. The lowest BCUT2D eigenvalue weighted by Crippen LogP contribution is -2.53. The third-order valence-electron chi connectivity index (χ3n) is 12.8. The van der Waals surface area contributed by atoms with E-state index in [1.807, 2.05) is 0 Å². The van der Waals surface area contributed by atoms with Crippen LogP contribution in [0.3, 0.4) is 0 Å². The molecule has 0 radical (unpaired) electrons. The summed E-state index contributed by atoms with van der Waals surface area (Å²) in [5, 5.41) is 184. The monoisotopic (exact) mass is 1080 g/mol. The number of benzene rings is 6. The number of fused-ring (bicyclic) bond motifs is 7. The Kier molecular flexibility index (Phi) is 11.0. The number of esters is 4. The van der Waals surface area contributed by atoms with Gasteiger partial charge in [0, 0.05) is 44.2 Å². The first-order chi connectivity index (χ1) is 36.7. The van der Waals surface area contributed by atoms with Crippen molar-refractivity contribution < 1.29 is 139 Å². The Morgan fingerprint density at radius 1 is 0.372 bits per heavy atom. The standard InChI is InChI=1S/C48H28O30/c49-5-16-40(76-46(70)9-3-13(52)28(56)32(60)18(9)17-8(44(68)74-16)2-12(51)27(55)31(17)59)39-15(54)6-73-43(67)7-1-11(50)29(57)33(61)19(7)21-25-23-24-26(48(72)78-41(23)37(65)35(21)63)22(36(64)38(66)42(24)77-47(25)71)20-10(45(69)75-39)4-14(53)30(58)34(20)62/h1-5,15-16,39-40,50-66H,6H2. The van der Waals surface area contributed by atoms with Crippen LogP contribution < -0.4 is 11.3 Å². The molecule has 10 rings (SSSR count). The molecule has 78 heavy (non-hydrogen) atoms. The molecule has 400 valence electrons. The number of aldehydes is 1. The fourth-order valence-electron chi connectivity index (χ4n) is 9.25. The molecular weight excluding hydrogens is 1060 g/mol. The highest BCUT2D eigenvalue weighted by Gasteiger charge is 2.47. The minimum atomic E-state index is -2.98. The van der Waals surface area contributed by atoms with Crippen LogP contribution in [0.5, 0.6) is 92.0 Å². The van der Waals surface area contributed by atoms with E-state index in [1.165, 1.54) is 0 Å². The van der Waals surface area contributed by atoms with Crippen molar-refractivity contribution in [1.29, 1.82) is 0 Å². The first-order valence-electron chi connectivity index (χ1n) is 21.5. The molecule has 0 spiro atoms. The van der Waals surface area contributed by atoms with Crippen LogP contribution >= 0.6 is 0 Å². The maximum absolute atomic E-state index is 14.9. The second-order valence-electron chi connectivity index (χ2n) is 17.1. The minimum Gasteiger partial charge on any atom is -0.504 e. The Morgan fingerprint density at radius 2 is 0.679 bits per heavy atom. The summed E-state index contributed by atoms with van der Waals surface area (Å²) in [6.45, 7) is -1.69. The van der Waals surface area contributed by atoms with Crippen LogP contribution in [0.15, 0.2) is 42.7 Å². The Morgan fingerprint density at radius 3 is 1.04 bits per heavy atom. The van der Waals surface area contributed by atoms with Gasteiger partial charge in [-0.05, 0) is 24.3 Å². The van der Waals surface area contributed by atoms with Gasteiger partial charge in [0.1, 0.15) is 12.7 Å². The number of phenolic OH excluding ortho intramolecular Hbond substituents is 16. The lowest BCUT2D eigenvalue weighted by molar-refractivity contribution is -0.142. The molecule has 30 heteroatoms. The molecule has 0 saturated heterocycles. The van der Waals surface area contributed by atoms with E-state index in [4.69, 9.17) is 27.8 Å². The predicted molar refractivity (Wildman–Crippen MR) is 247 cm³/mol. The van der Waals surface area contributed by atoms with Crippen LogP contribution in [-0.2, 0) is 23.7 Å². The zero-order chi connectivity index (χ0) is 56.7. The SMILES string of the molecule is O=CC1OC(=O)c2cc(O)c(O)c(O)c2-c2c(cc(O)c(O)c2O)C(=O)OC1C1OC(=O)c2cc(O)c(O)c(O)c2-c2c(O)c(O)c3oc(=O)c4c(c(O)c(O)c5oc(=O)c2c3c54)-c2c(cc(O)c(O)c2O)C(=O)OCC1O. The Bertz CT molecular complexity index is 4220. The fraction of sp³-hybridized carbons (Fsp3) is 0.104. The Labute approximate surface area is 424 Å². The molecule has 4 unspecified atom stereocenters. The van der Waals surface area contributed by atoms with Crippen LogP contribution in [0.2, 0.25) is 0 Å². The van der Waals surface area contributed by atoms with E-state index >= 15 is 0 Å². The summed E-state index contributed by atoms with van der Waals surface area (Å²) in [6.07, 6.45) is -12.0. The minimum absolute atomic E-state index is 0.219. The lowest BCUT2D eigenvalue weighted by Gasteiger charge is -2.33. The van der Waals surface area contributed by atoms with Gasteiger partial charge in [0.05, 0.1) is 33.0 Å². The predicted octanol–water partition coefficient (Wildman–Crippen LogP) is 1.80. The van der Waals surface area contributed by atoms with Crippen LogP contribution in [0, 0.1) is 0 Å². The van der Waals surface area contributed by atoms with Crippen molar-refractivity contribution >= 4 is 62.9 Å². The van der Waals surface area contributed by atoms with Gasteiger partial charge in [0.25, 0.3) is 0 Å². The van der Waals surface area contributed by atoms with E-state index in [1.54, 1.807) is 0 Å². The van der Waals surface area contributed by atoms with Crippen molar-refractivity contribution in [3.05, 3.63) is 67.4 Å². The van der Waals surface area contributed by atoms with Gasteiger partial charge in [0.15, 0.2) is 93.3 Å². The van der Waals surface area contributed by atoms with Crippen LogP contribution in [0.25, 0.3) is 66.1 Å². The maximum atomic E-state index is 14.9. The highest BCUT2D eigenvalue weighted by molar-refractivity contribution is 6.29. The summed E-state index contributed by atoms with van der Waals surface area (Å²) < 4.78 is 32.1. The quantitative estimate of drug-likeness (QED) is 0.0293. The lowest BCUT2D eigenvalue weighted by atomic mass is 9.88. The molecule has 4 heterocycles. The molecule has 2 aromatic heterocycles. The van der Waals surface area contributed by atoms with E-state index < -0.39 is 246 Å². The summed E-state index contributed by atoms with van der Waals surface area (Å²) in [5.41, 5.74) is -18.6. The zero-order valence-electron chi connectivity index (χ0n) is 37.8. The van der Waals surface area contributed by atoms with E-state index in [-0.39, 0.29) is 12.4 Å². The van der Waals surface area contributed by atoms with Crippen molar-refractivity contribution in [1.82, 2.24) is 0 Å². The van der Waals surface area contributed by atoms with Crippen LogP contribution in [0.1, 0.15) is 41.4 Å². The number of aliphatic hydroxyl groups is 1. The number of carbonyl (C=O) groups is 5. The molecule has 4 atom stereocenters. The smallest absolute Gasteiger partial charge is 0.345 e. The number of cyclic esters (lactones) is 4. The molecule has 6 aromatic carbocycles. The summed E-state index contributed by atoms with van der Waals surface area (Å²) in [7, 11) is 0. The van der Waals surface area contributed by atoms with Crippen LogP contribution in [-0.4, -0.2) is 148 Å². The summed E-state index contributed by atoms with van der Waals surface area (Å²) in [5.74, 6) is -32.3. The number of hydrogen-bond donors (Lipinski definition) is 17. The van der Waals surface area contributed by atoms with Gasteiger partial charge < -0.3 is 115 Å². The third kappa shape index (κ3) is 6.82. The third-order valence-corrected chi connectivity index (χ3v) is 12.8. The highest BCUT2D eigenvalue weighted by Crippen LogP contribution is 2.59. The van der Waals surface area contributed by atoms with Gasteiger partial charge in [-0.1, -0.05) is 0 Å². The number of carbonyl (C=O) groups excluding carboxylic acids is 5. The van der Waals surface area contributed by atoms with Crippen LogP contribution in [0.4, 0.5) is 0 Å². The first-order valence-corrected chi connectivity index (χ1v) is 21.5. The van der Waals surface area contributed by atoms with Gasteiger partial charge in [-0.2, -0.15) is 0 Å². The molecule has 6 bridgehead atoms. The highest BCUT2D eigenvalue weighted by atomic mass is 16.6. The zero-order valence-corrected chi connectivity index (χ0v) is 37.8. The summed E-state index contributed by atoms with van der Waals surface area (Å²) in [6, 6.07) is 1.16. The maximum Gasteiger partial charge on any atom is 0.345 e. The van der Waals surface area contributed by atoms with Crippen molar-refractivity contribution in [2.75, 3.05) is 6.61 Å². The molecule has 0 fully saturated rings. The molecule has 2 aliphatic heterocycles. The van der Waals surface area contributed by atoms with Crippen molar-refractivity contribution in [2.24, 2.45) is 0 Å². The fourth-order valence-corrected chi connectivity index (χ4v) is 9.25. The Balaban J connectivity index is 1.30. The molecular formula is C48H28O30. The average molecular weight is 1080 g/mol. The van der Waals surface area contributed by atoms with E-state index in [2.05, 4.69) is 0 Å². The van der Waals surface area contributed by atoms with E-state index in [0.29, 0.717) is 18.2 Å². The molecule has 8 aromatic rings. The van der Waals surface area contributed by atoms with Gasteiger partial charge >= 0.3 is 35.1 Å². The summed E-state index contributed by atoms with van der Waals surface area (Å²) in [4.78, 5) is 99.2. The van der Waals surface area contributed by atoms with Crippen molar-refractivity contribution in [2.45, 2.75) is 24.4 Å². The largest absolute Gasteiger partial charge is 0.504 e. The topological polar surface area (TPSA) is 527 Å². The van der Waals surface area contributed by atoms with Crippen molar-refractivity contribution in [3.8, 4) is 125 Å². The average Bonchev–Trinajstić information content (AvgIpc) is 3.10. The molecule has 0 amide bonds. The molecule has 30 nitrogen and oxygen atoms in total.